The van der Waals surface area contributed by atoms with Crippen molar-refractivity contribution in [2.45, 2.75) is 30.2 Å². The number of nitrogens with one attached hydrogen (secondary N) is 1. The van der Waals surface area contributed by atoms with Crippen LogP contribution in [0.5, 0.6) is 0 Å². The second kappa shape index (κ2) is 8.10. The first-order chi connectivity index (χ1) is 13.1. The Bertz CT molecular complexity index is 878. The van der Waals surface area contributed by atoms with Gasteiger partial charge in [0.2, 0.25) is 10.0 Å². The molecule has 0 aromatic heterocycles. The predicted molar refractivity (Wildman–Crippen MR) is 105 cm³/mol. The van der Waals surface area contributed by atoms with Crippen LogP contribution >= 0.6 is 0 Å². The molecule has 2 aromatic carbocycles. The van der Waals surface area contributed by atoms with E-state index in [4.69, 9.17) is 4.74 Å². The van der Waals surface area contributed by atoms with Gasteiger partial charge >= 0.3 is 0 Å². The van der Waals surface area contributed by atoms with Gasteiger partial charge in [-0.25, -0.2) is 13.1 Å². The molecule has 27 heavy (non-hydrogen) atoms. The second-order valence-electron chi connectivity index (χ2n) is 7.28. The average Bonchev–Trinajstić information content (AvgIpc) is 3.17. The van der Waals surface area contributed by atoms with Crippen LogP contribution in [-0.4, -0.2) is 46.2 Å². The Morgan fingerprint density at radius 1 is 1.00 bits per heavy atom. The molecule has 1 aliphatic carbocycles. The fraction of sp³-hybridized carbons (Fsp3) is 0.429. The van der Waals surface area contributed by atoms with Crippen LogP contribution in [0.3, 0.4) is 0 Å². The lowest BCUT2D eigenvalue weighted by atomic mass is 10.1. The van der Waals surface area contributed by atoms with Gasteiger partial charge in [0, 0.05) is 19.6 Å². The third kappa shape index (κ3) is 4.41. The highest BCUT2D eigenvalue weighted by molar-refractivity contribution is 7.89. The van der Waals surface area contributed by atoms with Crippen LogP contribution in [0.1, 0.15) is 29.2 Å². The quantitative estimate of drug-likeness (QED) is 0.829. The molecule has 0 spiro atoms. The summed E-state index contributed by atoms with van der Waals surface area (Å²) in [7, 11) is -3.59. The number of aryl methyl sites for hydroxylation is 2. The molecule has 0 amide bonds. The molecule has 144 valence electrons. The topological polar surface area (TPSA) is 58.6 Å². The van der Waals surface area contributed by atoms with Gasteiger partial charge in [-0.3, -0.25) is 4.90 Å². The number of rotatable bonds is 6. The molecule has 5 nitrogen and oxygen atoms in total. The van der Waals surface area contributed by atoms with Gasteiger partial charge in [-0.2, -0.15) is 0 Å². The smallest absolute Gasteiger partial charge is 0.241 e. The summed E-state index contributed by atoms with van der Waals surface area (Å²) in [5.41, 5.74) is 3.43. The Morgan fingerprint density at radius 3 is 2.52 bits per heavy atom. The maximum absolute atomic E-state index is 13.1. The summed E-state index contributed by atoms with van der Waals surface area (Å²) in [6.45, 7) is 3.67. The van der Waals surface area contributed by atoms with E-state index >= 15 is 0 Å². The number of nitrogens with zero attached hydrogens (tertiary/aromatic N) is 1. The molecule has 0 bridgehead atoms. The van der Waals surface area contributed by atoms with Gasteiger partial charge in [0.15, 0.2) is 0 Å². The molecule has 4 rings (SSSR count). The number of morpholine rings is 1. The molecule has 1 atom stereocenters. The van der Waals surface area contributed by atoms with E-state index < -0.39 is 10.0 Å². The first kappa shape index (κ1) is 18.6. The Hall–Kier alpha value is -1.73. The first-order valence-corrected chi connectivity index (χ1v) is 11.1. The van der Waals surface area contributed by atoms with Crippen molar-refractivity contribution in [1.29, 1.82) is 0 Å². The van der Waals surface area contributed by atoms with Crippen LogP contribution in [-0.2, 0) is 27.6 Å². The molecule has 6 heteroatoms. The van der Waals surface area contributed by atoms with Gasteiger partial charge in [-0.05, 0) is 48.1 Å². The summed E-state index contributed by atoms with van der Waals surface area (Å²) in [6.07, 6.45) is 3.12. The molecule has 1 heterocycles. The standard InChI is InChI=1S/C21H26N2O3S/c24-27(25,20-10-9-17-7-4-8-19(17)15-20)22-21(18-5-2-1-3-6-18)16-23-11-13-26-14-12-23/h1-3,5-6,9-10,15,21-22H,4,7-8,11-14,16H2/t21-/m1/s1. The maximum atomic E-state index is 13.1. The molecular weight excluding hydrogens is 360 g/mol. The van der Waals surface area contributed by atoms with E-state index in [1.807, 2.05) is 42.5 Å². The molecule has 2 aromatic rings. The molecule has 1 fully saturated rings. The van der Waals surface area contributed by atoms with Crippen LogP contribution in [0.15, 0.2) is 53.4 Å². The summed E-state index contributed by atoms with van der Waals surface area (Å²) in [5, 5.41) is 0. The summed E-state index contributed by atoms with van der Waals surface area (Å²) in [6, 6.07) is 15.1. The summed E-state index contributed by atoms with van der Waals surface area (Å²) in [5.74, 6) is 0. The van der Waals surface area contributed by atoms with Gasteiger partial charge in [-0.1, -0.05) is 36.4 Å². The Balaban J connectivity index is 1.58. The molecule has 1 N–H and O–H groups in total. The van der Waals surface area contributed by atoms with Crippen LogP contribution < -0.4 is 4.72 Å². The summed E-state index contributed by atoms with van der Waals surface area (Å²) < 4.78 is 34.6. The van der Waals surface area contributed by atoms with Gasteiger partial charge in [0.25, 0.3) is 0 Å². The van der Waals surface area contributed by atoms with E-state index in [0.717, 1.165) is 37.9 Å². The van der Waals surface area contributed by atoms with Crippen molar-refractivity contribution in [2.24, 2.45) is 0 Å². The molecule has 2 aliphatic rings. The third-order valence-electron chi connectivity index (χ3n) is 5.42. The van der Waals surface area contributed by atoms with Crippen molar-refractivity contribution >= 4 is 10.0 Å². The van der Waals surface area contributed by atoms with Crippen LogP contribution in [0.4, 0.5) is 0 Å². The highest BCUT2D eigenvalue weighted by atomic mass is 32.2. The predicted octanol–water partition coefficient (Wildman–Crippen LogP) is 2.53. The van der Waals surface area contributed by atoms with E-state index in [1.165, 1.54) is 11.1 Å². The van der Waals surface area contributed by atoms with Crippen molar-refractivity contribution in [3.05, 3.63) is 65.2 Å². The number of hydrogen-bond acceptors (Lipinski definition) is 4. The fourth-order valence-corrected chi connectivity index (χ4v) is 5.17. The molecule has 0 saturated carbocycles. The van der Waals surface area contributed by atoms with E-state index in [9.17, 15) is 8.42 Å². The number of sulfonamides is 1. The lowest BCUT2D eigenvalue weighted by Crippen LogP contribution is -2.43. The average molecular weight is 387 g/mol. The fourth-order valence-electron chi connectivity index (χ4n) is 3.91. The van der Waals surface area contributed by atoms with Crippen molar-refractivity contribution in [1.82, 2.24) is 9.62 Å². The van der Waals surface area contributed by atoms with Crippen LogP contribution in [0.25, 0.3) is 0 Å². The van der Waals surface area contributed by atoms with Crippen molar-refractivity contribution in [3.8, 4) is 0 Å². The zero-order valence-corrected chi connectivity index (χ0v) is 16.2. The minimum absolute atomic E-state index is 0.289. The van der Waals surface area contributed by atoms with E-state index in [0.29, 0.717) is 24.7 Å². The molecular formula is C21H26N2O3S. The minimum Gasteiger partial charge on any atom is -0.379 e. The van der Waals surface area contributed by atoms with Crippen molar-refractivity contribution in [2.75, 3.05) is 32.8 Å². The lowest BCUT2D eigenvalue weighted by molar-refractivity contribution is 0.0345. The van der Waals surface area contributed by atoms with Gasteiger partial charge in [0.05, 0.1) is 24.2 Å². The van der Waals surface area contributed by atoms with Crippen LogP contribution in [0, 0.1) is 0 Å². The van der Waals surface area contributed by atoms with Gasteiger partial charge in [0.1, 0.15) is 0 Å². The van der Waals surface area contributed by atoms with Crippen molar-refractivity contribution < 1.29 is 13.2 Å². The largest absolute Gasteiger partial charge is 0.379 e. The number of hydrogen-bond donors (Lipinski definition) is 1. The van der Waals surface area contributed by atoms with E-state index in [1.54, 1.807) is 6.07 Å². The highest BCUT2D eigenvalue weighted by Gasteiger charge is 2.25. The normalized spacial score (nSPS) is 19.0. The Labute approximate surface area is 161 Å². The van der Waals surface area contributed by atoms with E-state index in [2.05, 4.69) is 9.62 Å². The summed E-state index contributed by atoms with van der Waals surface area (Å²) in [4.78, 5) is 2.62. The Morgan fingerprint density at radius 2 is 1.74 bits per heavy atom. The zero-order chi connectivity index (χ0) is 18.7. The number of benzene rings is 2. The van der Waals surface area contributed by atoms with Gasteiger partial charge < -0.3 is 4.74 Å². The molecule has 1 aliphatic heterocycles. The maximum Gasteiger partial charge on any atom is 0.241 e. The monoisotopic (exact) mass is 386 g/mol. The molecule has 0 unspecified atom stereocenters. The number of ether oxygens (including phenoxy) is 1. The SMILES string of the molecule is O=S(=O)(N[C@H](CN1CCOCC1)c1ccccc1)c1ccc2c(c1)CCC2. The highest BCUT2D eigenvalue weighted by Crippen LogP contribution is 2.26. The first-order valence-electron chi connectivity index (χ1n) is 9.61. The lowest BCUT2D eigenvalue weighted by Gasteiger charge is -2.31. The zero-order valence-electron chi connectivity index (χ0n) is 15.4. The van der Waals surface area contributed by atoms with Crippen LogP contribution in [0.2, 0.25) is 0 Å². The summed E-state index contributed by atoms with van der Waals surface area (Å²) >= 11 is 0. The number of fused-ring (bicyclic) bond motifs is 1. The Kier molecular flexibility index (Phi) is 5.59. The van der Waals surface area contributed by atoms with E-state index in [-0.39, 0.29) is 6.04 Å². The minimum atomic E-state index is -3.59. The molecule has 1 saturated heterocycles. The van der Waals surface area contributed by atoms with Crippen molar-refractivity contribution in [3.63, 3.8) is 0 Å². The van der Waals surface area contributed by atoms with Gasteiger partial charge in [-0.15, -0.1) is 0 Å². The molecule has 0 radical (unpaired) electrons. The second-order valence-corrected chi connectivity index (χ2v) is 9.00. The third-order valence-corrected chi connectivity index (χ3v) is 6.89.